The average molecular weight is 279 g/mol. The minimum Gasteiger partial charge on any atom is -0.368 e. The van der Waals surface area contributed by atoms with Gasteiger partial charge < -0.3 is 16.0 Å². The number of carbonyl (C=O) groups excluding carboxylic acids is 1. The molecule has 0 aliphatic rings. The van der Waals surface area contributed by atoms with Gasteiger partial charge in [-0.15, -0.1) is 0 Å². The molecule has 1 amide bonds. The Hall–Kier alpha value is -1.62. The van der Waals surface area contributed by atoms with E-state index in [2.05, 4.69) is 19.2 Å². The number of nitrogens with zero attached hydrogens (tertiary/aromatic N) is 1. The van der Waals surface area contributed by atoms with Crippen molar-refractivity contribution in [2.24, 2.45) is 11.7 Å². The minimum absolute atomic E-state index is 0.353. The second kappa shape index (κ2) is 7.09. The maximum Gasteiger partial charge on any atom is 0.240 e. The van der Waals surface area contributed by atoms with Crippen LogP contribution in [-0.4, -0.2) is 29.0 Å². The Balaban J connectivity index is 2.71. The number of nitrogens with one attached hydrogen (secondary N) is 1. The highest BCUT2D eigenvalue weighted by atomic mass is 32.1. The summed E-state index contributed by atoms with van der Waals surface area (Å²) in [5.74, 6) is 0.0212. The summed E-state index contributed by atoms with van der Waals surface area (Å²) in [6.45, 7) is 4.11. The Morgan fingerprint density at radius 1 is 1.37 bits per heavy atom. The first-order valence-corrected chi connectivity index (χ1v) is 6.70. The number of anilines is 1. The van der Waals surface area contributed by atoms with Crippen molar-refractivity contribution >= 4 is 28.9 Å². The Morgan fingerprint density at radius 2 is 1.95 bits per heavy atom. The van der Waals surface area contributed by atoms with Crippen molar-refractivity contribution in [2.45, 2.75) is 26.3 Å². The zero-order valence-electron chi connectivity index (χ0n) is 11.6. The third-order valence-corrected chi connectivity index (χ3v) is 3.23. The minimum atomic E-state index is -0.385. The Kier molecular flexibility index (Phi) is 5.76. The van der Waals surface area contributed by atoms with Crippen LogP contribution in [0.15, 0.2) is 30.3 Å². The van der Waals surface area contributed by atoms with Gasteiger partial charge in [0.2, 0.25) is 5.91 Å². The second-order valence-electron chi connectivity index (χ2n) is 4.95. The molecule has 0 saturated heterocycles. The van der Waals surface area contributed by atoms with Gasteiger partial charge in [0.1, 0.15) is 6.04 Å². The van der Waals surface area contributed by atoms with Crippen LogP contribution in [0.5, 0.6) is 0 Å². The lowest BCUT2D eigenvalue weighted by Crippen LogP contribution is -2.47. The smallest absolute Gasteiger partial charge is 0.240 e. The molecule has 1 aromatic carbocycles. The number of likely N-dealkylation sites (N-methyl/N-ethyl adjacent to an activating group) is 1. The number of carbonyl (C=O) groups is 1. The molecule has 0 aliphatic carbocycles. The fraction of sp³-hybridized carbons (Fsp3) is 0.429. The van der Waals surface area contributed by atoms with Gasteiger partial charge in [-0.3, -0.25) is 4.79 Å². The standard InChI is InChI=1S/C14H21N3OS/c1-10(2)9-12(13(15)18)17(3)14(19)16-11-7-5-4-6-8-11/h4-8,10,12H,9H2,1-3H3,(H2,15,18)(H,16,19)/t12-/m0/s1. The molecule has 1 atom stereocenters. The van der Waals surface area contributed by atoms with Gasteiger partial charge in [-0.1, -0.05) is 32.0 Å². The highest BCUT2D eigenvalue weighted by molar-refractivity contribution is 7.80. The molecule has 0 fully saturated rings. The van der Waals surface area contributed by atoms with Crippen LogP contribution >= 0.6 is 12.2 Å². The van der Waals surface area contributed by atoms with E-state index in [1.807, 2.05) is 30.3 Å². The molecule has 0 spiro atoms. The van der Waals surface area contributed by atoms with E-state index >= 15 is 0 Å². The van der Waals surface area contributed by atoms with Crippen LogP contribution in [0.3, 0.4) is 0 Å². The summed E-state index contributed by atoms with van der Waals surface area (Å²) in [6, 6.07) is 9.23. The molecular weight excluding hydrogens is 258 g/mol. The Labute approximate surface area is 120 Å². The number of para-hydroxylation sites is 1. The van der Waals surface area contributed by atoms with Crippen molar-refractivity contribution in [3.63, 3.8) is 0 Å². The number of primary amides is 1. The lowest BCUT2D eigenvalue weighted by atomic mass is 10.0. The molecular formula is C14H21N3OS. The number of thiocarbonyl (C=S) groups is 1. The zero-order valence-corrected chi connectivity index (χ0v) is 12.4. The Bertz CT molecular complexity index is 434. The van der Waals surface area contributed by atoms with Crippen LogP contribution in [0.4, 0.5) is 5.69 Å². The molecule has 0 bridgehead atoms. The van der Waals surface area contributed by atoms with Crippen LogP contribution in [-0.2, 0) is 4.79 Å². The molecule has 3 N–H and O–H groups in total. The van der Waals surface area contributed by atoms with E-state index in [9.17, 15) is 4.79 Å². The lowest BCUT2D eigenvalue weighted by Gasteiger charge is -2.29. The summed E-state index contributed by atoms with van der Waals surface area (Å²) in [5.41, 5.74) is 6.34. The molecule has 0 unspecified atom stereocenters. The summed E-state index contributed by atoms with van der Waals surface area (Å²) in [7, 11) is 1.79. The summed E-state index contributed by atoms with van der Waals surface area (Å²) in [5, 5.41) is 3.60. The molecule has 0 aliphatic heterocycles. The van der Waals surface area contributed by atoms with Crippen LogP contribution in [0.1, 0.15) is 20.3 Å². The summed E-state index contributed by atoms with van der Waals surface area (Å²) >= 11 is 5.31. The van der Waals surface area contributed by atoms with Crippen LogP contribution < -0.4 is 11.1 Å². The van der Waals surface area contributed by atoms with Gasteiger partial charge in [-0.25, -0.2) is 0 Å². The first-order chi connectivity index (χ1) is 8.91. The van der Waals surface area contributed by atoms with E-state index in [1.54, 1.807) is 11.9 Å². The number of rotatable bonds is 5. The van der Waals surface area contributed by atoms with Gasteiger partial charge in [0.15, 0.2) is 5.11 Å². The zero-order chi connectivity index (χ0) is 14.4. The van der Waals surface area contributed by atoms with E-state index in [-0.39, 0.29) is 11.9 Å². The fourth-order valence-corrected chi connectivity index (χ4v) is 2.03. The van der Waals surface area contributed by atoms with Gasteiger partial charge in [-0.2, -0.15) is 0 Å². The van der Waals surface area contributed by atoms with Gasteiger partial charge in [0, 0.05) is 12.7 Å². The Morgan fingerprint density at radius 3 is 2.42 bits per heavy atom. The molecule has 1 rings (SSSR count). The van der Waals surface area contributed by atoms with Crippen molar-refractivity contribution in [2.75, 3.05) is 12.4 Å². The molecule has 4 nitrogen and oxygen atoms in total. The molecule has 0 heterocycles. The quantitative estimate of drug-likeness (QED) is 0.811. The molecule has 0 radical (unpaired) electrons. The van der Waals surface area contributed by atoms with Crippen LogP contribution in [0.25, 0.3) is 0 Å². The van der Waals surface area contributed by atoms with Crippen molar-refractivity contribution in [3.05, 3.63) is 30.3 Å². The maximum atomic E-state index is 11.5. The number of amides is 1. The summed E-state index contributed by atoms with van der Waals surface area (Å²) in [4.78, 5) is 13.3. The molecule has 0 aromatic heterocycles. The SMILES string of the molecule is CC(C)C[C@@H](C(N)=O)N(C)C(=S)Nc1ccccc1. The van der Waals surface area contributed by atoms with Crippen molar-refractivity contribution < 1.29 is 4.79 Å². The molecule has 0 saturated carbocycles. The van der Waals surface area contributed by atoms with E-state index in [1.165, 1.54) is 0 Å². The monoisotopic (exact) mass is 279 g/mol. The summed E-state index contributed by atoms with van der Waals surface area (Å²) in [6.07, 6.45) is 0.683. The molecule has 104 valence electrons. The highest BCUT2D eigenvalue weighted by Crippen LogP contribution is 2.13. The van der Waals surface area contributed by atoms with E-state index in [0.29, 0.717) is 17.5 Å². The molecule has 1 aromatic rings. The van der Waals surface area contributed by atoms with Gasteiger partial charge >= 0.3 is 0 Å². The first-order valence-electron chi connectivity index (χ1n) is 6.30. The normalized spacial score (nSPS) is 12.0. The largest absolute Gasteiger partial charge is 0.368 e. The van der Waals surface area contributed by atoms with E-state index in [0.717, 1.165) is 5.69 Å². The van der Waals surface area contributed by atoms with Gasteiger partial charge in [0.25, 0.3) is 0 Å². The van der Waals surface area contributed by atoms with Gasteiger partial charge in [0.05, 0.1) is 0 Å². The second-order valence-corrected chi connectivity index (χ2v) is 5.34. The lowest BCUT2D eigenvalue weighted by molar-refractivity contribution is -0.122. The third-order valence-electron chi connectivity index (χ3n) is 2.84. The third kappa shape index (κ3) is 4.87. The topological polar surface area (TPSA) is 58.4 Å². The number of hydrogen-bond donors (Lipinski definition) is 2. The predicted molar refractivity (Wildman–Crippen MR) is 82.9 cm³/mol. The van der Waals surface area contributed by atoms with Crippen molar-refractivity contribution in [1.82, 2.24) is 4.90 Å². The van der Waals surface area contributed by atoms with Gasteiger partial charge in [-0.05, 0) is 36.7 Å². The highest BCUT2D eigenvalue weighted by Gasteiger charge is 2.23. The van der Waals surface area contributed by atoms with E-state index in [4.69, 9.17) is 18.0 Å². The predicted octanol–water partition coefficient (Wildman–Crippen LogP) is 2.22. The van der Waals surface area contributed by atoms with Crippen LogP contribution in [0, 0.1) is 5.92 Å². The van der Waals surface area contributed by atoms with E-state index < -0.39 is 0 Å². The van der Waals surface area contributed by atoms with Crippen molar-refractivity contribution in [1.29, 1.82) is 0 Å². The average Bonchev–Trinajstić information content (AvgIpc) is 2.35. The molecule has 5 heteroatoms. The van der Waals surface area contributed by atoms with Crippen molar-refractivity contribution in [3.8, 4) is 0 Å². The number of hydrogen-bond acceptors (Lipinski definition) is 2. The summed E-state index contributed by atoms with van der Waals surface area (Å²) < 4.78 is 0. The molecule has 19 heavy (non-hydrogen) atoms. The number of benzene rings is 1. The first kappa shape index (κ1) is 15.4. The number of nitrogens with two attached hydrogens (primary N) is 1. The maximum absolute atomic E-state index is 11.5. The van der Waals surface area contributed by atoms with Crippen LogP contribution in [0.2, 0.25) is 0 Å². The fourth-order valence-electron chi connectivity index (χ4n) is 1.79.